The van der Waals surface area contributed by atoms with Crippen molar-refractivity contribution in [2.45, 2.75) is 58.3 Å². The van der Waals surface area contributed by atoms with Crippen LogP contribution in [0, 0.1) is 11.8 Å². The molecule has 1 spiro atoms. The largest absolute Gasteiger partial charge is 0.348 e. The van der Waals surface area contributed by atoms with Crippen molar-refractivity contribution >= 4 is 0 Å². The molecule has 3 nitrogen and oxygen atoms in total. The molecule has 2 rings (SSSR count). The lowest BCUT2D eigenvalue weighted by Gasteiger charge is -2.36. The highest BCUT2D eigenvalue weighted by Gasteiger charge is 2.40. The number of ether oxygens (including phenoxy) is 2. The first-order chi connectivity index (χ1) is 8.11. The molecule has 0 aromatic heterocycles. The lowest BCUT2D eigenvalue weighted by Crippen LogP contribution is -2.43. The first kappa shape index (κ1) is 13.3. The van der Waals surface area contributed by atoms with Crippen LogP contribution >= 0.6 is 0 Å². The Hall–Kier alpha value is -0.120. The van der Waals surface area contributed by atoms with Crippen molar-refractivity contribution in [2.75, 3.05) is 19.8 Å². The molecule has 0 aromatic carbocycles. The van der Waals surface area contributed by atoms with Crippen LogP contribution in [-0.4, -0.2) is 31.6 Å². The molecule has 0 amide bonds. The van der Waals surface area contributed by atoms with E-state index in [9.17, 15) is 0 Å². The minimum atomic E-state index is -0.207. The van der Waals surface area contributed by atoms with Gasteiger partial charge in [0, 0.05) is 18.9 Å². The average molecular weight is 241 g/mol. The van der Waals surface area contributed by atoms with Gasteiger partial charge in [0.25, 0.3) is 0 Å². The van der Waals surface area contributed by atoms with Crippen LogP contribution in [0.15, 0.2) is 0 Å². The standard InChI is InChI=1S/C14H27NO2/c1-11(2)12(3)10-15-13-4-6-14(7-5-13)16-8-9-17-14/h11-13,15H,4-10H2,1-3H3. The predicted octanol–water partition coefficient (Wildman–Crippen LogP) is 2.55. The minimum Gasteiger partial charge on any atom is -0.348 e. The second-order valence-electron chi connectivity index (χ2n) is 6.01. The maximum atomic E-state index is 5.74. The Bertz CT molecular complexity index is 224. The summed E-state index contributed by atoms with van der Waals surface area (Å²) in [5.74, 6) is 1.31. The molecule has 1 N–H and O–H groups in total. The van der Waals surface area contributed by atoms with Crippen LogP contribution in [0.25, 0.3) is 0 Å². The van der Waals surface area contributed by atoms with E-state index in [1.807, 2.05) is 0 Å². The average Bonchev–Trinajstić information content (AvgIpc) is 2.76. The number of hydrogen-bond donors (Lipinski definition) is 1. The molecule has 1 aliphatic heterocycles. The van der Waals surface area contributed by atoms with Crippen LogP contribution in [0.3, 0.4) is 0 Å². The fraction of sp³-hybridized carbons (Fsp3) is 1.00. The molecule has 0 radical (unpaired) electrons. The highest BCUT2D eigenvalue weighted by atomic mass is 16.7. The topological polar surface area (TPSA) is 30.5 Å². The van der Waals surface area contributed by atoms with Crippen LogP contribution in [0.4, 0.5) is 0 Å². The molecule has 1 aliphatic carbocycles. The molecule has 0 bridgehead atoms. The van der Waals surface area contributed by atoms with Gasteiger partial charge in [-0.2, -0.15) is 0 Å². The first-order valence-corrected chi connectivity index (χ1v) is 7.13. The summed E-state index contributed by atoms with van der Waals surface area (Å²) in [6, 6.07) is 0.662. The van der Waals surface area contributed by atoms with Gasteiger partial charge in [-0.05, 0) is 31.2 Å². The normalized spacial score (nSPS) is 26.8. The van der Waals surface area contributed by atoms with E-state index in [1.165, 1.54) is 12.8 Å². The Morgan fingerprint density at radius 3 is 2.24 bits per heavy atom. The zero-order chi connectivity index (χ0) is 12.3. The minimum absolute atomic E-state index is 0.207. The number of rotatable bonds is 4. The van der Waals surface area contributed by atoms with Gasteiger partial charge in [0.2, 0.25) is 0 Å². The molecular weight excluding hydrogens is 214 g/mol. The number of nitrogens with one attached hydrogen (secondary N) is 1. The lowest BCUT2D eigenvalue weighted by atomic mass is 9.89. The van der Waals surface area contributed by atoms with Crippen molar-refractivity contribution in [1.29, 1.82) is 0 Å². The summed E-state index contributed by atoms with van der Waals surface area (Å²) < 4.78 is 11.5. The van der Waals surface area contributed by atoms with E-state index in [0.717, 1.165) is 44.4 Å². The van der Waals surface area contributed by atoms with Crippen molar-refractivity contribution in [1.82, 2.24) is 5.32 Å². The highest BCUT2D eigenvalue weighted by Crippen LogP contribution is 2.35. The lowest BCUT2D eigenvalue weighted by molar-refractivity contribution is -0.179. The third kappa shape index (κ3) is 3.43. The van der Waals surface area contributed by atoms with Gasteiger partial charge in [0.15, 0.2) is 5.79 Å². The maximum Gasteiger partial charge on any atom is 0.168 e. The van der Waals surface area contributed by atoms with E-state index < -0.39 is 0 Å². The highest BCUT2D eigenvalue weighted by molar-refractivity contribution is 4.85. The van der Waals surface area contributed by atoms with Gasteiger partial charge < -0.3 is 14.8 Å². The van der Waals surface area contributed by atoms with Gasteiger partial charge >= 0.3 is 0 Å². The molecular formula is C14H27NO2. The predicted molar refractivity (Wildman–Crippen MR) is 68.9 cm³/mol. The Morgan fingerprint density at radius 2 is 1.71 bits per heavy atom. The van der Waals surface area contributed by atoms with Gasteiger partial charge in [-0.15, -0.1) is 0 Å². The van der Waals surface area contributed by atoms with Crippen LogP contribution in [0.5, 0.6) is 0 Å². The number of hydrogen-bond acceptors (Lipinski definition) is 3. The summed E-state index contributed by atoms with van der Waals surface area (Å²) in [5, 5.41) is 3.70. The second-order valence-corrected chi connectivity index (χ2v) is 6.01. The van der Waals surface area contributed by atoms with Crippen molar-refractivity contribution in [3.05, 3.63) is 0 Å². The maximum absolute atomic E-state index is 5.74. The summed E-state index contributed by atoms with van der Waals surface area (Å²) in [7, 11) is 0. The molecule has 100 valence electrons. The van der Waals surface area contributed by atoms with Crippen molar-refractivity contribution in [3.63, 3.8) is 0 Å². The third-order valence-electron chi connectivity index (χ3n) is 4.43. The van der Waals surface area contributed by atoms with Crippen molar-refractivity contribution in [2.24, 2.45) is 11.8 Å². The van der Waals surface area contributed by atoms with Crippen LogP contribution in [-0.2, 0) is 9.47 Å². The van der Waals surface area contributed by atoms with Crippen molar-refractivity contribution in [3.8, 4) is 0 Å². The SMILES string of the molecule is CC(C)C(C)CNC1CCC2(CC1)OCCO2. The zero-order valence-corrected chi connectivity index (χ0v) is 11.5. The van der Waals surface area contributed by atoms with E-state index in [0.29, 0.717) is 6.04 Å². The smallest absolute Gasteiger partial charge is 0.168 e. The Labute approximate surface area is 105 Å². The fourth-order valence-corrected chi connectivity index (χ4v) is 2.64. The molecule has 1 atom stereocenters. The molecule has 0 aromatic rings. The molecule has 1 saturated carbocycles. The zero-order valence-electron chi connectivity index (χ0n) is 11.5. The molecule has 1 unspecified atom stereocenters. The van der Waals surface area contributed by atoms with Gasteiger partial charge in [-0.25, -0.2) is 0 Å². The molecule has 2 fully saturated rings. The molecule has 3 heteroatoms. The van der Waals surface area contributed by atoms with E-state index in [4.69, 9.17) is 9.47 Å². The van der Waals surface area contributed by atoms with E-state index in [-0.39, 0.29) is 5.79 Å². The summed E-state index contributed by atoms with van der Waals surface area (Å²) in [6.07, 6.45) is 4.48. The monoisotopic (exact) mass is 241 g/mol. The summed E-state index contributed by atoms with van der Waals surface area (Å²) in [4.78, 5) is 0. The summed E-state index contributed by atoms with van der Waals surface area (Å²) in [6.45, 7) is 9.61. The summed E-state index contributed by atoms with van der Waals surface area (Å²) in [5.41, 5.74) is 0. The van der Waals surface area contributed by atoms with Gasteiger partial charge in [-0.1, -0.05) is 20.8 Å². The van der Waals surface area contributed by atoms with Gasteiger partial charge in [-0.3, -0.25) is 0 Å². The Balaban J connectivity index is 1.68. The second kappa shape index (κ2) is 5.68. The van der Waals surface area contributed by atoms with E-state index >= 15 is 0 Å². The Morgan fingerprint density at radius 1 is 1.12 bits per heavy atom. The quantitative estimate of drug-likeness (QED) is 0.820. The molecule has 1 saturated heterocycles. The van der Waals surface area contributed by atoms with E-state index in [2.05, 4.69) is 26.1 Å². The van der Waals surface area contributed by atoms with Crippen LogP contribution in [0.2, 0.25) is 0 Å². The van der Waals surface area contributed by atoms with E-state index in [1.54, 1.807) is 0 Å². The molecule has 2 aliphatic rings. The molecule has 17 heavy (non-hydrogen) atoms. The van der Waals surface area contributed by atoms with Crippen LogP contribution in [0.1, 0.15) is 46.5 Å². The van der Waals surface area contributed by atoms with Crippen molar-refractivity contribution < 1.29 is 9.47 Å². The Kier molecular flexibility index (Phi) is 4.45. The fourth-order valence-electron chi connectivity index (χ4n) is 2.64. The van der Waals surface area contributed by atoms with Gasteiger partial charge in [0.1, 0.15) is 0 Å². The first-order valence-electron chi connectivity index (χ1n) is 7.13. The van der Waals surface area contributed by atoms with Crippen LogP contribution < -0.4 is 5.32 Å². The van der Waals surface area contributed by atoms with Gasteiger partial charge in [0.05, 0.1) is 13.2 Å². The third-order valence-corrected chi connectivity index (χ3v) is 4.43. The molecule has 1 heterocycles. The summed E-state index contributed by atoms with van der Waals surface area (Å²) >= 11 is 0.